The van der Waals surface area contributed by atoms with Crippen molar-refractivity contribution in [2.24, 2.45) is 0 Å². The molecular formula is C22H16F2O4. The minimum absolute atomic E-state index is 0.0221. The summed E-state index contributed by atoms with van der Waals surface area (Å²) >= 11 is 0. The third-order valence-electron chi connectivity index (χ3n) is 3.92. The summed E-state index contributed by atoms with van der Waals surface area (Å²) in [5.41, 5.74) is 1.42. The van der Waals surface area contributed by atoms with E-state index in [9.17, 15) is 18.4 Å². The fraction of sp³-hybridized carbons (Fsp3) is 0.0909. The number of benzene rings is 3. The summed E-state index contributed by atoms with van der Waals surface area (Å²) in [7, 11) is 0. The van der Waals surface area contributed by atoms with Crippen LogP contribution < -0.4 is 9.47 Å². The second-order valence-corrected chi connectivity index (χ2v) is 5.83. The molecule has 6 heteroatoms. The number of alkyl halides is 2. The van der Waals surface area contributed by atoms with E-state index in [0.29, 0.717) is 22.4 Å². The Hall–Kier alpha value is -3.54. The van der Waals surface area contributed by atoms with E-state index in [0.717, 1.165) is 0 Å². The molecule has 0 unspecified atom stereocenters. The second-order valence-electron chi connectivity index (χ2n) is 5.83. The molecule has 3 rings (SSSR count). The van der Waals surface area contributed by atoms with Crippen molar-refractivity contribution in [3.05, 3.63) is 95.6 Å². The van der Waals surface area contributed by atoms with E-state index in [1.165, 1.54) is 24.3 Å². The number of carbonyl (C=O) groups excluding carboxylic acids is 2. The summed E-state index contributed by atoms with van der Waals surface area (Å²) in [6.07, 6.45) is 0. The molecule has 3 aromatic carbocycles. The predicted octanol–water partition coefficient (Wildman–Crippen LogP) is 4.78. The largest absolute Gasteiger partial charge is 0.485 e. The lowest BCUT2D eigenvalue weighted by atomic mass is 10.0. The Labute approximate surface area is 160 Å². The first-order chi connectivity index (χ1) is 13.5. The number of halogens is 2. The molecule has 0 atom stereocenters. The van der Waals surface area contributed by atoms with Crippen molar-refractivity contribution in [2.45, 2.75) is 6.61 Å². The van der Waals surface area contributed by atoms with Crippen LogP contribution >= 0.6 is 0 Å². The third-order valence-corrected chi connectivity index (χ3v) is 3.92. The second kappa shape index (κ2) is 8.90. The highest BCUT2D eigenvalue weighted by Crippen LogP contribution is 2.18. The number of ether oxygens (including phenoxy) is 2. The molecule has 0 aliphatic carbocycles. The van der Waals surface area contributed by atoms with Crippen LogP contribution in [0.2, 0.25) is 0 Å². The lowest BCUT2D eigenvalue weighted by Gasteiger charge is -2.08. The molecule has 0 aliphatic rings. The molecule has 4 nitrogen and oxygen atoms in total. The average molecular weight is 382 g/mol. The molecule has 0 aliphatic heterocycles. The summed E-state index contributed by atoms with van der Waals surface area (Å²) in [5, 5.41) is 0. The quantitative estimate of drug-likeness (QED) is 0.526. The van der Waals surface area contributed by atoms with Crippen LogP contribution in [-0.2, 0) is 0 Å². The van der Waals surface area contributed by atoms with Gasteiger partial charge >= 0.3 is 6.61 Å². The van der Waals surface area contributed by atoms with E-state index in [1.807, 2.05) is 6.07 Å². The summed E-state index contributed by atoms with van der Waals surface area (Å²) < 4.78 is 33.9. The summed E-state index contributed by atoms with van der Waals surface area (Å²) in [4.78, 5) is 24.5. The maximum atomic E-state index is 12.4. The third kappa shape index (κ3) is 5.01. The zero-order valence-electron chi connectivity index (χ0n) is 14.7. The highest BCUT2D eigenvalue weighted by atomic mass is 19.3. The standard InChI is InChI=1S/C22H16F2O4/c23-22(24)28-19-12-6-15(7-13-19)20(25)14-27-18-10-8-17(9-11-18)21(26)16-4-2-1-3-5-16/h1-13,22H,14H2. The molecule has 0 radical (unpaired) electrons. The van der Waals surface area contributed by atoms with Crippen molar-refractivity contribution < 1.29 is 27.8 Å². The Morgan fingerprint density at radius 3 is 1.86 bits per heavy atom. The lowest BCUT2D eigenvalue weighted by molar-refractivity contribution is -0.0498. The molecular weight excluding hydrogens is 366 g/mol. The zero-order chi connectivity index (χ0) is 19.9. The van der Waals surface area contributed by atoms with Gasteiger partial charge in [0.1, 0.15) is 11.5 Å². The normalized spacial score (nSPS) is 10.5. The Bertz CT molecular complexity index is 937. The van der Waals surface area contributed by atoms with Gasteiger partial charge in [0.05, 0.1) is 0 Å². The number of ketones is 2. The SMILES string of the molecule is O=C(COc1ccc(C(=O)c2ccccc2)cc1)c1ccc(OC(F)F)cc1. The van der Waals surface area contributed by atoms with Crippen LogP contribution in [0.3, 0.4) is 0 Å². The van der Waals surface area contributed by atoms with Crippen LogP contribution in [0.4, 0.5) is 8.78 Å². The molecule has 0 amide bonds. The molecule has 0 N–H and O–H groups in total. The van der Waals surface area contributed by atoms with Gasteiger partial charge in [-0.3, -0.25) is 9.59 Å². The minimum atomic E-state index is -2.92. The van der Waals surface area contributed by atoms with Crippen LogP contribution in [0.1, 0.15) is 26.3 Å². The smallest absolute Gasteiger partial charge is 0.387 e. The maximum Gasteiger partial charge on any atom is 0.387 e. The molecule has 0 saturated heterocycles. The summed E-state index contributed by atoms with van der Waals surface area (Å²) in [6.45, 7) is -3.14. The van der Waals surface area contributed by atoms with E-state index >= 15 is 0 Å². The molecule has 0 bridgehead atoms. The van der Waals surface area contributed by atoms with Gasteiger partial charge < -0.3 is 9.47 Å². The predicted molar refractivity (Wildman–Crippen MR) is 99.2 cm³/mol. The first kappa shape index (κ1) is 19.2. The van der Waals surface area contributed by atoms with Gasteiger partial charge in [-0.1, -0.05) is 30.3 Å². The van der Waals surface area contributed by atoms with Crippen molar-refractivity contribution >= 4 is 11.6 Å². The molecule has 28 heavy (non-hydrogen) atoms. The van der Waals surface area contributed by atoms with Gasteiger partial charge in [0.15, 0.2) is 18.2 Å². The Kier molecular flexibility index (Phi) is 6.11. The molecule has 0 saturated carbocycles. The maximum absolute atomic E-state index is 12.4. The first-order valence-corrected chi connectivity index (χ1v) is 8.43. The molecule has 0 aromatic heterocycles. The van der Waals surface area contributed by atoms with Crippen LogP contribution in [-0.4, -0.2) is 24.8 Å². The lowest BCUT2D eigenvalue weighted by Crippen LogP contribution is -2.12. The molecule has 0 spiro atoms. The Morgan fingerprint density at radius 1 is 0.714 bits per heavy atom. The van der Waals surface area contributed by atoms with Gasteiger partial charge in [-0.05, 0) is 48.5 Å². The van der Waals surface area contributed by atoms with Crippen LogP contribution in [0.5, 0.6) is 11.5 Å². The number of Topliss-reactive ketones (excluding diaryl/α,β-unsaturated/α-hetero) is 1. The number of rotatable bonds is 8. The Balaban J connectivity index is 1.57. The van der Waals surface area contributed by atoms with E-state index in [-0.39, 0.29) is 23.9 Å². The molecule has 3 aromatic rings. The fourth-order valence-corrected chi connectivity index (χ4v) is 2.51. The van der Waals surface area contributed by atoms with E-state index in [1.54, 1.807) is 48.5 Å². The van der Waals surface area contributed by atoms with Crippen molar-refractivity contribution in [1.82, 2.24) is 0 Å². The van der Waals surface area contributed by atoms with Gasteiger partial charge in [-0.15, -0.1) is 0 Å². The molecule has 142 valence electrons. The summed E-state index contributed by atoms with van der Waals surface area (Å²) in [5.74, 6) is 0.00382. The fourth-order valence-electron chi connectivity index (χ4n) is 2.51. The van der Waals surface area contributed by atoms with Crippen molar-refractivity contribution in [2.75, 3.05) is 6.61 Å². The number of carbonyl (C=O) groups is 2. The topological polar surface area (TPSA) is 52.6 Å². The van der Waals surface area contributed by atoms with E-state index < -0.39 is 6.61 Å². The molecule has 0 fully saturated rings. The first-order valence-electron chi connectivity index (χ1n) is 8.43. The minimum Gasteiger partial charge on any atom is -0.485 e. The highest BCUT2D eigenvalue weighted by Gasteiger charge is 2.11. The van der Waals surface area contributed by atoms with Crippen LogP contribution in [0, 0.1) is 0 Å². The van der Waals surface area contributed by atoms with Gasteiger partial charge in [-0.25, -0.2) is 0 Å². The van der Waals surface area contributed by atoms with Gasteiger partial charge in [-0.2, -0.15) is 8.78 Å². The number of hydrogen-bond donors (Lipinski definition) is 0. The summed E-state index contributed by atoms with van der Waals surface area (Å²) in [6, 6.07) is 20.8. The van der Waals surface area contributed by atoms with Gasteiger partial charge in [0, 0.05) is 16.7 Å². The van der Waals surface area contributed by atoms with E-state index in [2.05, 4.69) is 4.74 Å². The van der Waals surface area contributed by atoms with Crippen LogP contribution in [0.25, 0.3) is 0 Å². The van der Waals surface area contributed by atoms with Gasteiger partial charge in [0.2, 0.25) is 0 Å². The van der Waals surface area contributed by atoms with Crippen LogP contribution in [0.15, 0.2) is 78.9 Å². The van der Waals surface area contributed by atoms with E-state index in [4.69, 9.17) is 4.74 Å². The molecule has 0 heterocycles. The monoisotopic (exact) mass is 382 g/mol. The van der Waals surface area contributed by atoms with Crippen molar-refractivity contribution in [3.63, 3.8) is 0 Å². The van der Waals surface area contributed by atoms with Gasteiger partial charge in [0.25, 0.3) is 0 Å². The Morgan fingerprint density at radius 2 is 1.25 bits per heavy atom. The van der Waals surface area contributed by atoms with Crippen molar-refractivity contribution in [1.29, 1.82) is 0 Å². The zero-order valence-corrected chi connectivity index (χ0v) is 14.7. The number of hydrogen-bond acceptors (Lipinski definition) is 4. The highest BCUT2D eigenvalue weighted by molar-refractivity contribution is 6.09. The average Bonchev–Trinajstić information content (AvgIpc) is 2.72. The van der Waals surface area contributed by atoms with Crippen molar-refractivity contribution in [3.8, 4) is 11.5 Å².